The number of nitrogens with two attached hydrogens (primary N) is 1. The van der Waals surface area contributed by atoms with Crippen molar-refractivity contribution in [2.45, 2.75) is 13.0 Å². The molecule has 1 aromatic carbocycles. The molecule has 72 valence electrons. The smallest absolute Gasteiger partial charge is 0.162 e. The molecule has 4 heteroatoms. The van der Waals surface area contributed by atoms with Crippen molar-refractivity contribution in [3.63, 3.8) is 0 Å². The highest BCUT2D eigenvalue weighted by Gasteiger charge is 2.12. The van der Waals surface area contributed by atoms with Gasteiger partial charge in [-0.15, -0.1) is 0 Å². The fourth-order valence-corrected chi connectivity index (χ4v) is 1.31. The molecule has 1 atom stereocenters. The zero-order chi connectivity index (χ0) is 10.0. The van der Waals surface area contributed by atoms with Crippen LogP contribution in [-0.4, -0.2) is 12.2 Å². The third kappa shape index (κ3) is 2.05. The van der Waals surface area contributed by atoms with Crippen molar-refractivity contribution in [1.82, 2.24) is 0 Å². The van der Waals surface area contributed by atoms with Crippen LogP contribution in [0.3, 0.4) is 0 Å². The van der Waals surface area contributed by atoms with Crippen molar-refractivity contribution < 1.29 is 9.84 Å². The highest BCUT2D eigenvalue weighted by atomic mass is 35.5. The molecule has 0 bridgehead atoms. The Morgan fingerprint density at radius 2 is 2.15 bits per heavy atom. The maximum atomic E-state index is 9.62. The first kappa shape index (κ1) is 10.2. The van der Waals surface area contributed by atoms with Crippen LogP contribution >= 0.6 is 11.6 Å². The molecule has 0 unspecified atom stereocenters. The molecule has 0 amide bonds. The Hall–Kier alpha value is -0.930. The number of halogens is 1. The third-order valence-corrected chi connectivity index (χ3v) is 2.00. The molecule has 0 saturated heterocycles. The van der Waals surface area contributed by atoms with Crippen LogP contribution in [0.2, 0.25) is 5.02 Å². The first-order chi connectivity index (χ1) is 6.06. The molecule has 0 spiro atoms. The lowest BCUT2D eigenvalue weighted by atomic mass is 10.1. The van der Waals surface area contributed by atoms with E-state index in [-0.39, 0.29) is 11.8 Å². The van der Waals surface area contributed by atoms with Crippen molar-refractivity contribution in [3.05, 3.63) is 22.7 Å². The highest BCUT2D eigenvalue weighted by Crippen LogP contribution is 2.35. The van der Waals surface area contributed by atoms with E-state index in [0.29, 0.717) is 16.3 Å². The minimum absolute atomic E-state index is 0.0573. The fraction of sp³-hybridized carbons (Fsp3) is 0.333. The van der Waals surface area contributed by atoms with Crippen molar-refractivity contribution in [3.8, 4) is 11.5 Å². The number of phenols is 1. The lowest BCUT2D eigenvalue weighted by molar-refractivity contribution is 0.369. The van der Waals surface area contributed by atoms with E-state index in [1.54, 1.807) is 19.1 Å². The zero-order valence-electron chi connectivity index (χ0n) is 7.54. The summed E-state index contributed by atoms with van der Waals surface area (Å²) in [5.74, 6) is 0.404. The van der Waals surface area contributed by atoms with E-state index in [2.05, 4.69) is 0 Å². The summed E-state index contributed by atoms with van der Waals surface area (Å²) in [6.07, 6.45) is 0. The molecule has 1 rings (SSSR count). The van der Waals surface area contributed by atoms with Gasteiger partial charge in [0, 0.05) is 22.7 Å². The quantitative estimate of drug-likeness (QED) is 0.770. The van der Waals surface area contributed by atoms with Gasteiger partial charge in [-0.1, -0.05) is 11.6 Å². The summed E-state index contributed by atoms with van der Waals surface area (Å²) >= 11 is 5.80. The lowest BCUT2D eigenvalue weighted by Gasteiger charge is -2.12. The van der Waals surface area contributed by atoms with E-state index in [9.17, 15) is 5.11 Å². The largest absolute Gasteiger partial charge is 0.504 e. The maximum Gasteiger partial charge on any atom is 0.162 e. The van der Waals surface area contributed by atoms with Gasteiger partial charge in [-0.2, -0.15) is 0 Å². The molecule has 0 fully saturated rings. The number of hydrogen-bond acceptors (Lipinski definition) is 3. The minimum Gasteiger partial charge on any atom is -0.504 e. The average molecular weight is 202 g/mol. The summed E-state index contributed by atoms with van der Waals surface area (Å²) < 4.78 is 4.93. The van der Waals surface area contributed by atoms with Gasteiger partial charge in [-0.05, 0) is 13.0 Å². The van der Waals surface area contributed by atoms with Crippen molar-refractivity contribution in [2.24, 2.45) is 5.73 Å². The molecule has 0 radical (unpaired) electrons. The summed E-state index contributed by atoms with van der Waals surface area (Å²) in [5, 5.41) is 10.1. The van der Waals surface area contributed by atoms with Crippen molar-refractivity contribution in [1.29, 1.82) is 0 Å². The molecule has 0 aliphatic heterocycles. The Balaban J connectivity index is 3.27. The van der Waals surface area contributed by atoms with E-state index in [1.165, 1.54) is 7.11 Å². The highest BCUT2D eigenvalue weighted by molar-refractivity contribution is 6.30. The van der Waals surface area contributed by atoms with Crippen LogP contribution < -0.4 is 10.5 Å². The standard InChI is InChI=1S/C9H12ClNO2/c1-5(11)7-3-6(10)4-8(13-2)9(7)12/h3-5,12H,11H2,1-2H3/t5-/m0/s1. The van der Waals surface area contributed by atoms with Gasteiger partial charge >= 0.3 is 0 Å². The third-order valence-electron chi connectivity index (χ3n) is 1.78. The Kier molecular flexibility index (Phi) is 3.01. The molecule has 0 aliphatic carbocycles. The molecule has 3 nitrogen and oxygen atoms in total. The number of hydrogen-bond donors (Lipinski definition) is 2. The zero-order valence-corrected chi connectivity index (χ0v) is 8.30. The van der Waals surface area contributed by atoms with Crippen LogP contribution in [0.5, 0.6) is 11.5 Å². The minimum atomic E-state index is -0.271. The Morgan fingerprint density at radius 1 is 1.54 bits per heavy atom. The van der Waals surface area contributed by atoms with Crippen LogP contribution in [0.4, 0.5) is 0 Å². The van der Waals surface area contributed by atoms with Crippen LogP contribution in [0.15, 0.2) is 12.1 Å². The molecule has 0 heterocycles. The summed E-state index contributed by atoms with van der Waals surface area (Å²) in [5.41, 5.74) is 6.22. The Bertz CT molecular complexity index is 313. The first-order valence-corrected chi connectivity index (χ1v) is 4.26. The Labute approximate surface area is 82.1 Å². The van der Waals surface area contributed by atoms with Crippen LogP contribution in [-0.2, 0) is 0 Å². The normalized spacial score (nSPS) is 12.6. The van der Waals surface area contributed by atoms with E-state index in [1.807, 2.05) is 0 Å². The number of aromatic hydroxyl groups is 1. The molecule has 13 heavy (non-hydrogen) atoms. The predicted octanol–water partition coefficient (Wildman–Crippen LogP) is 2.07. The van der Waals surface area contributed by atoms with Gasteiger partial charge in [0.1, 0.15) is 0 Å². The molecule has 1 aromatic rings. The van der Waals surface area contributed by atoms with Gasteiger partial charge in [-0.25, -0.2) is 0 Å². The molecule has 0 aliphatic rings. The molecular formula is C9H12ClNO2. The summed E-state index contributed by atoms with van der Waals surface area (Å²) in [4.78, 5) is 0. The average Bonchev–Trinajstić information content (AvgIpc) is 2.08. The predicted molar refractivity (Wildman–Crippen MR) is 52.3 cm³/mol. The second kappa shape index (κ2) is 3.85. The number of ether oxygens (including phenoxy) is 1. The Morgan fingerprint density at radius 3 is 2.62 bits per heavy atom. The topological polar surface area (TPSA) is 55.5 Å². The van der Waals surface area contributed by atoms with Gasteiger partial charge in [-0.3, -0.25) is 0 Å². The number of rotatable bonds is 2. The van der Waals surface area contributed by atoms with Gasteiger partial charge in [0.25, 0.3) is 0 Å². The van der Waals surface area contributed by atoms with Gasteiger partial charge in [0.05, 0.1) is 7.11 Å². The second-order valence-electron chi connectivity index (χ2n) is 2.83. The summed E-state index contributed by atoms with van der Waals surface area (Å²) in [6, 6.07) is 2.90. The number of benzene rings is 1. The molecule has 0 aromatic heterocycles. The SMILES string of the molecule is COc1cc(Cl)cc([C@H](C)N)c1O. The number of methoxy groups -OCH3 is 1. The summed E-state index contributed by atoms with van der Waals surface area (Å²) in [6.45, 7) is 1.77. The molecule has 0 saturated carbocycles. The van der Waals surface area contributed by atoms with Crippen LogP contribution in [0.25, 0.3) is 0 Å². The van der Waals surface area contributed by atoms with E-state index >= 15 is 0 Å². The second-order valence-corrected chi connectivity index (χ2v) is 3.27. The van der Waals surface area contributed by atoms with Gasteiger partial charge in [0.15, 0.2) is 11.5 Å². The van der Waals surface area contributed by atoms with Crippen molar-refractivity contribution in [2.75, 3.05) is 7.11 Å². The molecular weight excluding hydrogens is 190 g/mol. The fourth-order valence-electron chi connectivity index (χ4n) is 1.10. The number of phenolic OH excluding ortho intramolecular Hbond substituents is 1. The van der Waals surface area contributed by atoms with Crippen LogP contribution in [0, 0.1) is 0 Å². The van der Waals surface area contributed by atoms with Gasteiger partial charge in [0.2, 0.25) is 0 Å². The van der Waals surface area contributed by atoms with Crippen molar-refractivity contribution >= 4 is 11.6 Å². The van der Waals surface area contributed by atoms with E-state index < -0.39 is 0 Å². The van der Waals surface area contributed by atoms with Gasteiger partial charge < -0.3 is 15.6 Å². The van der Waals surface area contributed by atoms with E-state index in [0.717, 1.165) is 0 Å². The van der Waals surface area contributed by atoms with Crippen LogP contribution in [0.1, 0.15) is 18.5 Å². The van der Waals surface area contributed by atoms with E-state index in [4.69, 9.17) is 22.1 Å². The summed E-state index contributed by atoms with van der Waals surface area (Å²) in [7, 11) is 1.47. The maximum absolute atomic E-state index is 9.62. The monoisotopic (exact) mass is 201 g/mol. The first-order valence-electron chi connectivity index (χ1n) is 3.88. The lowest BCUT2D eigenvalue weighted by Crippen LogP contribution is -2.05. The molecule has 3 N–H and O–H groups in total.